The number of carbonyl (C=O) groups excluding carboxylic acids is 1. The van der Waals surface area contributed by atoms with Crippen molar-refractivity contribution < 1.29 is 30.6 Å². The molecular weight excluding hydrogens is 787 g/mol. The van der Waals surface area contributed by atoms with Crippen LogP contribution in [0.15, 0.2) is 53.6 Å². The van der Waals surface area contributed by atoms with Crippen molar-refractivity contribution in [2.24, 2.45) is 0 Å². The van der Waals surface area contributed by atoms with Crippen molar-refractivity contribution in [3.63, 3.8) is 0 Å². The number of ether oxygens (including phenoxy) is 1. The lowest BCUT2D eigenvalue weighted by Gasteiger charge is -2.25. The predicted octanol–water partition coefficient (Wildman–Crippen LogP) is 8.06. The zero-order valence-corrected chi connectivity index (χ0v) is 36.4. The van der Waals surface area contributed by atoms with Crippen molar-refractivity contribution in [3.05, 3.63) is 75.1 Å². The van der Waals surface area contributed by atoms with Crippen LogP contribution in [0.5, 0.6) is 0 Å². The molecular formula is C41H57N5O8S3. The fourth-order valence-electron chi connectivity index (χ4n) is 6.93. The number of unbranched alkanes of at least 4 members (excludes halogenated alkanes) is 5. The maximum atomic E-state index is 14.1. The van der Waals surface area contributed by atoms with Gasteiger partial charge in [-0.15, -0.1) is 11.3 Å². The van der Waals surface area contributed by atoms with Crippen LogP contribution in [0.2, 0.25) is 0 Å². The number of carbonyl (C=O) groups is 1. The smallest absolute Gasteiger partial charge is 0.410 e. The van der Waals surface area contributed by atoms with E-state index in [1.54, 1.807) is 34.8 Å². The average Bonchev–Trinajstić information content (AvgIpc) is 3.65. The van der Waals surface area contributed by atoms with Gasteiger partial charge in [-0.2, -0.15) is 8.42 Å². The first-order valence-corrected chi connectivity index (χ1v) is 24.0. The van der Waals surface area contributed by atoms with Gasteiger partial charge in [0.25, 0.3) is 15.7 Å². The number of hydrogen-bond donors (Lipinski definition) is 1. The summed E-state index contributed by atoms with van der Waals surface area (Å²) in [6.45, 7) is 10.2. The van der Waals surface area contributed by atoms with Crippen molar-refractivity contribution in [1.29, 1.82) is 0 Å². The summed E-state index contributed by atoms with van der Waals surface area (Å²) in [6.07, 6.45) is 6.87. The Balaban J connectivity index is 1.33. The number of pyridine rings is 1. The van der Waals surface area contributed by atoms with Gasteiger partial charge in [-0.1, -0.05) is 49.9 Å². The van der Waals surface area contributed by atoms with Crippen LogP contribution in [0.4, 0.5) is 10.6 Å². The summed E-state index contributed by atoms with van der Waals surface area (Å²) in [5.74, 6) is 0.481. The quantitative estimate of drug-likeness (QED) is 0.0760. The highest BCUT2D eigenvalue weighted by atomic mass is 32.2. The maximum Gasteiger partial charge on any atom is 0.410 e. The summed E-state index contributed by atoms with van der Waals surface area (Å²) < 4.78 is 60.0. The molecule has 1 saturated heterocycles. The summed E-state index contributed by atoms with van der Waals surface area (Å²) in [5, 5.41) is 4.29. The molecule has 1 amide bonds. The van der Waals surface area contributed by atoms with E-state index in [0.717, 1.165) is 53.0 Å². The molecule has 1 unspecified atom stereocenters. The Morgan fingerprint density at radius 1 is 1.04 bits per heavy atom. The number of aromatic nitrogens is 3. The number of anilines is 1. The molecule has 0 bridgehead atoms. The molecule has 0 aliphatic carbocycles. The first kappa shape index (κ1) is 44.2. The molecule has 1 atom stereocenters. The molecule has 16 heteroatoms. The second-order valence-electron chi connectivity index (χ2n) is 15.8. The van der Waals surface area contributed by atoms with Crippen molar-refractivity contribution in [2.45, 2.75) is 117 Å². The summed E-state index contributed by atoms with van der Waals surface area (Å²) in [7, 11) is -4.82. The second-order valence-corrected chi connectivity index (χ2v) is 21.1. The molecule has 3 aromatic heterocycles. The van der Waals surface area contributed by atoms with Gasteiger partial charge in [-0.25, -0.2) is 23.2 Å². The zero-order valence-electron chi connectivity index (χ0n) is 34.0. The number of fused-ring (bicyclic) bond motifs is 1. The van der Waals surface area contributed by atoms with Gasteiger partial charge in [-0.3, -0.25) is 13.5 Å². The molecule has 1 aliphatic rings. The van der Waals surface area contributed by atoms with Crippen LogP contribution < -0.4 is 10.9 Å². The number of thiophene rings is 1. The summed E-state index contributed by atoms with van der Waals surface area (Å²) in [4.78, 5) is 39.8. The van der Waals surface area contributed by atoms with Gasteiger partial charge in [-0.05, 0) is 95.5 Å². The Bertz CT molecular complexity index is 2270. The molecule has 5 rings (SSSR count). The van der Waals surface area contributed by atoms with Gasteiger partial charge in [0, 0.05) is 35.5 Å². The lowest BCUT2D eigenvalue weighted by Crippen LogP contribution is -2.33. The Hall–Kier alpha value is -3.86. The fraction of sp³-hybridized carbons (Fsp3) is 0.561. The van der Waals surface area contributed by atoms with Gasteiger partial charge in [0.05, 0.1) is 35.3 Å². The lowest BCUT2D eigenvalue weighted by atomic mass is 9.93. The highest BCUT2D eigenvalue weighted by Gasteiger charge is 2.28. The average molecular weight is 844 g/mol. The Morgan fingerprint density at radius 2 is 1.72 bits per heavy atom. The predicted molar refractivity (Wildman–Crippen MR) is 227 cm³/mol. The van der Waals surface area contributed by atoms with Gasteiger partial charge >= 0.3 is 6.09 Å². The number of amides is 1. The maximum absolute atomic E-state index is 14.1. The van der Waals surface area contributed by atoms with E-state index in [1.807, 2.05) is 45.0 Å². The van der Waals surface area contributed by atoms with E-state index in [9.17, 15) is 26.4 Å². The van der Waals surface area contributed by atoms with Crippen LogP contribution >= 0.6 is 11.3 Å². The third-order valence-electron chi connectivity index (χ3n) is 10.1. The van der Waals surface area contributed by atoms with Crippen LogP contribution in [-0.4, -0.2) is 78.9 Å². The number of nitrogens with zero attached hydrogens (tertiary/aromatic N) is 4. The normalized spacial score (nSPS) is 15.4. The second kappa shape index (κ2) is 19.3. The number of hydrogen-bond acceptors (Lipinski definition) is 12. The van der Waals surface area contributed by atoms with Crippen molar-refractivity contribution in [3.8, 4) is 10.4 Å². The van der Waals surface area contributed by atoms with E-state index in [-0.39, 0.29) is 47.5 Å². The molecule has 4 heterocycles. The molecule has 4 aromatic rings. The highest BCUT2D eigenvalue weighted by molar-refractivity contribution is 7.91. The zero-order chi connectivity index (χ0) is 41.4. The largest absolute Gasteiger partial charge is 0.444 e. The SMILES string of the molecule is CCS(=O)(=O)OCCCCCCCCn1c(=O)c(C2CCS(=O)(=O)CC2)cc2c(NC(C)c3ccc(-c4ccccc4CN(C)C(=O)OC(C)(C)C)s3)ncnc21. The van der Waals surface area contributed by atoms with E-state index in [4.69, 9.17) is 8.92 Å². The molecule has 0 saturated carbocycles. The minimum atomic E-state index is -3.43. The van der Waals surface area contributed by atoms with Gasteiger partial charge in [0.1, 0.15) is 33.2 Å². The Morgan fingerprint density at radius 3 is 2.42 bits per heavy atom. The number of aryl methyl sites for hydroxylation is 1. The third-order valence-corrected chi connectivity index (χ3v) is 14.3. The van der Waals surface area contributed by atoms with Gasteiger partial charge in [0.15, 0.2) is 0 Å². The van der Waals surface area contributed by atoms with Crippen molar-refractivity contribution >= 4 is 54.2 Å². The van der Waals surface area contributed by atoms with Crippen LogP contribution in [0.3, 0.4) is 0 Å². The third kappa shape index (κ3) is 12.3. The van der Waals surface area contributed by atoms with Crippen LogP contribution in [0.25, 0.3) is 21.5 Å². The molecule has 312 valence electrons. The molecule has 13 nitrogen and oxygen atoms in total. The van der Waals surface area contributed by atoms with E-state index in [1.165, 1.54) is 6.33 Å². The number of nitrogens with one attached hydrogen (secondary N) is 1. The summed E-state index contributed by atoms with van der Waals surface area (Å²) in [6, 6.07) is 13.9. The standard InChI is InChI=1S/C41H57N5O8S3/c1-7-57(51,52)53-23-15-11-9-8-10-14-22-46-38-34(26-33(39(46)47)30-20-24-56(49,50)25-21-30)37(42-28-43-38)44-29(2)35-18-19-36(55-35)32-17-13-12-16-31(32)27-45(6)40(48)54-41(3,4)5/h12-13,16-19,26,28-30H,7-11,14-15,20-25,27H2,1-6H3,(H,42,43,44). The first-order valence-electron chi connectivity index (χ1n) is 19.8. The summed E-state index contributed by atoms with van der Waals surface area (Å²) in [5.41, 5.74) is 2.42. The van der Waals surface area contributed by atoms with Crippen LogP contribution in [0, 0.1) is 0 Å². The van der Waals surface area contributed by atoms with E-state index >= 15 is 0 Å². The van der Waals surface area contributed by atoms with E-state index in [2.05, 4.69) is 40.4 Å². The lowest BCUT2D eigenvalue weighted by molar-refractivity contribution is 0.0285. The van der Waals surface area contributed by atoms with Crippen molar-refractivity contribution in [2.75, 3.05) is 36.2 Å². The molecule has 0 radical (unpaired) electrons. The molecule has 1 aromatic carbocycles. The molecule has 1 fully saturated rings. The van der Waals surface area contributed by atoms with Gasteiger partial charge in [0.2, 0.25) is 0 Å². The minimum absolute atomic E-state index is 0.0339. The van der Waals surface area contributed by atoms with E-state index in [0.29, 0.717) is 54.8 Å². The van der Waals surface area contributed by atoms with E-state index < -0.39 is 25.6 Å². The van der Waals surface area contributed by atoms with Crippen molar-refractivity contribution in [1.82, 2.24) is 19.4 Å². The number of benzene rings is 1. The molecule has 1 N–H and O–H groups in total. The Labute approximate surface area is 341 Å². The van der Waals surface area contributed by atoms with Gasteiger partial charge < -0.3 is 15.0 Å². The summed E-state index contributed by atoms with van der Waals surface area (Å²) >= 11 is 1.65. The minimum Gasteiger partial charge on any atom is -0.444 e. The topological polar surface area (TPSA) is 167 Å². The molecule has 0 spiro atoms. The monoisotopic (exact) mass is 843 g/mol. The highest BCUT2D eigenvalue weighted by Crippen LogP contribution is 2.36. The molecule has 1 aliphatic heterocycles. The number of rotatable bonds is 18. The number of sulfone groups is 1. The van der Waals surface area contributed by atoms with Crippen LogP contribution in [-0.2, 0) is 42.0 Å². The fourth-order valence-corrected chi connectivity index (χ4v) is 10.0. The first-order chi connectivity index (χ1) is 27.0. The molecule has 57 heavy (non-hydrogen) atoms. The van der Waals surface area contributed by atoms with Crippen LogP contribution in [0.1, 0.15) is 114 Å². The Kier molecular flexibility index (Phi) is 15.0.